The van der Waals surface area contributed by atoms with Gasteiger partial charge in [-0.2, -0.15) is 0 Å². The van der Waals surface area contributed by atoms with E-state index in [0.717, 1.165) is 42.1 Å². The van der Waals surface area contributed by atoms with Crippen molar-refractivity contribution < 1.29 is 14.7 Å². The van der Waals surface area contributed by atoms with Crippen LogP contribution in [-0.4, -0.2) is 60.0 Å². The number of hydroxylamine groups is 1. The maximum absolute atomic E-state index is 12.1. The van der Waals surface area contributed by atoms with Gasteiger partial charge in [0.1, 0.15) is 5.84 Å². The highest BCUT2D eigenvalue weighted by Gasteiger charge is 2.19. The molecule has 8 nitrogen and oxygen atoms in total. The summed E-state index contributed by atoms with van der Waals surface area (Å²) in [6, 6.07) is 14.7. The Morgan fingerprint density at radius 3 is 2.71 bits per heavy atom. The normalized spacial score (nSPS) is 14.9. The monoisotopic (exact) mass is 463 g/mol. The highest BCUT2D eigenvalue weighted by atomic mass is 16.5. The van der Waals surface area contributed by atoms with Gasteiger partial charge in [-0.25, -0.2) is 4.79 Å². The van der Waals surface area contributed by atoms with E-state index in [1.165, 1.54) is 0 Å². The van der Waals surface area contributed by atoms with Gasteiger partial charge in [-0.1, -0.05) is 42.5 Å². The van der Waals surface area contributed by atoms with E-state index < -0.39 is 5.97 Å². The summed E-state index contributed by atoms with van der Waals surface area (Å²) in [6.45, 7) is 5.67. The minimum Gasteiger partial charge on any atom is -0.462 e. The molecule has 8 heteroatoms. The molecule has 1 aliphatic rings. The molecule has 1 saturated heterocycles. The van der Waals surface area contributed by atoms with Crippen LogP contribution in [0.15, 0.2) is 59.6 Å². The van der Waals surface area contributed by atoms with Gasteiger partial charge in [0.25, 0.3) is 0 Å². The van der Waals surface area contributed by atoms with Crippen molar-refractivity contribution in [1.29, 1.82) is 5.41 Å². The van der Waals surface area contributed by atoms with Crippen LogP contribution in [0.2, 0.25) is 0 Å². The smallest absolute Gasteiger partial charge is 0.340 e. The number of carbonyl (C=O) groups is 1. The molecule has 34 heavy (non-hydrogen) atoms. The van der Waals surface area contributed by atoms with E-state index in [4.69, 9.17) is 20.9 Å². The highest BCUT2D eigenvalue weighted by Crippen LogP contribution is 2.20. The Bertz CT molecular complexity index is 1060. The molecular formula is C26H33N5O3. The van der Waals surface area contributed by atoms with Gasteiger partial charge >= 0.3 is 5.97 Å². The van der Waals surface area contributed by atoms with Crippen LogP contribution in [-0.2, 0) is 4.74 Å². The van der Waals surface area contributed by atoms with E-state index in [2.05, 4.69) is 4.90 Å². The number of hydrogen-bond acceptors (Lipinski definition) is 6. The average molecular weight is 464 g/mol. The Morgan fingerprint density at radius 2 is 2.00 bits per heavy atom. The number of piperidine rings is 1. The molecule has 0 atom stereocenters. The molecule has 0 spiro atoms. The first-order chi connectivity index (χ1) is 16.4. The molecule has 0 bridgehead atoms. The summed E-state index contributed by atoms with van der Waals surface area (Å²) >= 11 is 0. The van der Waals surface area contributed by atoms with Gasteiger partial charge in [-0.05, 0) is 50.5 Å². The fraction of sp³-hybridized carbons (Fsp3) is 0.346. The highest BCUT2D eigenvalue weighted by molar-refractivity contribution is 5.98. The quantitative estimate of drug-likeness (QED) is 0.236. The van der Waals surface area contributed by atoms with E-state index >= 15 is 0 Å². The van der Waals surface area contributed by atoms with Crippen LogP contribution < -0.4 is 10.8 Å². The molecule has 0 amide bonds. The predicted molar refractivity (Wildman–Crippen MR) is 136 cm³/mol. The largest absolute Gasteiger partial charge is 0.462 e. The fourth-order valence-corrected chi connectivity index (χ4v) is 3.87. The van der Waals surface area contributed by atoms with E-state index in [9.17, 15) is 10.0 Å². The van der Waals surface area contributed by atoms with Crippen molar-refractivity contribution in [3.05, 3.63) is 71.3 Å². The van der Waals surface area contributed by atoms with Crippen molar-refractivity contribution in [2.45, 2.75) is 32.7 Å². The fourth-order valence-electron chi connectivity index (χ4n) is 3.87. The number of rotatable bonds is 8. The summed E-state index contributed by atoms with van der Waals surface area (Å²) in [4.78, 5) is 18.9. The van der Waals surface area contributed by atoms with Gasteiger partial charge in [0, 0.05) is 18.7 Å². The van der Waals surface area contributed by atoms with Crippen LogP contribution in [0.4, 0.5) is 5.69 Å². The summed E-state index contributed by atoms with van der Waals surface area (Å²) in [7, 11) is 0. The number of ether oxygens (including phenoxy) is 1. The first kappa shape index (κ1) is 25.0. The van der Waals surface area contributed by atoms with Crippen LogP contribution in [0.25, 0.3) is 6.08 Å². The Kier molecular flexibility index (Phi) is 8.81. The lowest BCUT2D eigenvalue weighted by atomic mass is 10.0. The molecule has 0 radical (unpaired) electrons. The van der Waals surface area contributed by atoms with E-state index in [1.807, 2.05) is 43.3 Å². The molecule has 0 unspecified atom stereocenters. The third-order valence-electron chi connectivity index (χ3n) is 5.71. The number of nitrogens with two attached hydrogens (primary N) is 1. The summed E-state index contributed by atoms with van der Waals surface area (Å²) in [5.41, 5.74) is 8.77. The second-order valence-electron chi connectivity index (χ2n) is 8.17. The number of carbonyl (C=O) groups excluding carboxylic acids is 1. The van der Waals surface area contributed by atoms with Crippen LogP contribution in [0.1, 0.15) is 48.2 Å². The number of para-hydroxylation sites is 1. The van der Waals surface area contributed by atoms with Gasteiger partial charge in [-0.15, -0.1) is 0 Å². The molecule has 1 fully saturated rings. The lowest BCUT2D eigenvalue weighted by Gasteiger charge is -2.31. The molecule has 4 N–H and O–H groups in total. The number of nitrogens with zero attached hydrogens (tertiary/aromatic N) is 3. The summed E-state index contributed by atoms with van der Waals surface area (Å²) in [6.07, 6.45) is 5.47. The molecule has 3 rings (SSSR count). The van der Waals surface area contributed by atoms with E-state index in [1.54, 1.807) is 31.2 Å². The topological polar surface area (TPSA) is 115 Å². The molecular weight excluding hydrogens is 430 g/mol. The van der Waals surface area contributed by atoms with Gasteiger partial charge in [0.15, 0.2) is 0 Å². The molecule has 2 aromatic rings. The van der Waals surface area contributed by atoms with E-state index in [-0.39, 0.29) is 19.2 Å². The molecule has 0 saturated carbocycles. The van der Waals surface area contributed by atoms with Gasteiger partial charge in [0.05, 0.1) is 36.3 Å². The molecule has 1 heterocycles. The Hall–Kier alpha value is -3.65. The first-order valence-corrected chi connectivity index (χ1v) is 11.5. The molecule has 2 aromatic carbocycles. The number of nitrogens with one attached hydrogen (secondary N) is 1. The van der Waals surface area contributed by atoms with Crippen LogP contribution in [0.3, 0.4) is 0 Å². The van der Waals surface area contributed by atoms with Gasteiger partial charge in [-0.3, -0.25) is 20.7 Å². The van der Waals surface area contributed by atoms with Crippen LogP contribution in [0.5, 0.6) is 0 Å². The molecule has 0 aromatic heterocycles. The maximum Gasteiger partial charge on any atom is 0.340 e. The summed E-state index contributed by atoms with van der Waals surface area (Å²) in [5, 5.41) is 19.3. The molecule has 0 aliphatic carbocycles. The lowest BCUT2D eigenvalue weighted by Crippen LogP contribution is -2.38. The Morgan fingerprint density at radius 1 is 1.26 bits per heavy atom. The number of amidine groups is 2. The average Bonchev–Trinajstić information content (AvgIpc) is 2.84. The zero-order valence-electron chi connectivity index (χ0n) is 19.8. The number of likely N-dealkylation sites (tertiary alicyclic amines) is 1. The summed E-state index contributed by atoms with van der Waals surface area (Å²) < 4.78 is 5.07. The second-order valence-corrected chi connectivity index (χ2v) is 8.17. The maximum atomic E-state index is 12.1. The summed E-state index contributed by atoms with van der Waals surface area (Å²) in [5.74, 6) is 0.635. The number of esters is 1. The van der Waals surface area contributed by atoms with Crippen LogP contribution in [0, 0.1) is 5.41 Å². The minimum atomic E-state index is -0.470. The predicted octanol–water partition coefficient (Wildman–Crippen LogP) is 3.94. The standard InChI is InChI=1S/C26H33N5O3/c1-3-34-26(32)23-11-4-5-12-24(23)31(33)15-7-9-20-8-6-10-21(18-20)25(28)29-22-13-16-30(17-14-22)19(2)27/h4-12,18,22,27,33H,3,13-17H2,1-2H3,(H2,28,29)/b9-7+,27-19?. The SMILES string of the molecule is CCOC(=O)c1ccccc1N(O)C/C=C/c1cccc(C(N)=NC2CCN(C(C)=N)CC2)c1. The van der Waals surface area contributed by atoms with Crippen molar-refractivity contribution in [1.82, 2.24) is 4.90 Å². The number of anilines is 1. The van der Waals surface area contributed by atoms with Crippen molar-refractivity contribution >= 4 is 29.4 Å². The minimum absolute atomic E-state index is 0.164. The van der Waals surface area contributed by atoms with Crippen molar-refractivity contribution in [3.63, 3.8) is 0 Å². The lowest BCUT2D eigenvalue weighted by molar-refractivity contribution is 0.0525. The zero-order valence-corrected chi connectivity index (χ0v) is 19.8. The third-order valence-corrected chi connectivity index (χ3v) is 5.71. The van der Waals surface area contributed by atoms with Crippen molar-refractivity contribution in [2.24, 2.45) is 10.7 Å². The second kappa shape index (κ2) is 12.0. The Balaban J connectivity index is 1.63. The number of benzene rings is 2. The van der Waals surface area contributed by atoms with Crippen molar-refractivity contribution in [2.75, 3.05) is 31.3 Å². The first-order valence-electron chi connectivity index (χ1n) is 11.5. The number of aliphatic imine (C=N–C) groups is 1. The Labute approximate surface area is 200 Å². The van der Waals surface area contributed by atoms with Gasteiger partial charge in [0.2, 0.25) is 0 Å². The molecule has 180 valence electrons. The third kappa shape index (κ3) is 6.68. The zero-order chi connectivity index (χ0) is 24.5. The molecule has 1 aliphatic heterocycles. The number of hydrogen-bond donors (Lipinski definition) is 3. The van der Waals surface area contributed by atoms with Crippen LogP contribution >= 0.6 is 0 Å². The van der Waals surface area contributed by atoms with Crippen molar-refractivity contribution in [3.8, 4) is 0 Å². The van der Waals surface area contributed by atoms with Gasteiger partial charge < -0.3 is 15.4 Å². The van der Waals surface area contributed by atoms with E-state index in [0.29, 0.717) is 22.9 Å².